The normalized spacial score (nSPS) is 9.38. The minimum Gasteiger partial charge on any atom is -0.198 e. The monoisotopic (exact) mass is 217 g/mol. The largest absolute Gasteiger partial charge is 0.198 e. The molecule has 0 bridgehead atoms. The number of unbranched alkanes of at least 4 members (excludes halogenated alkanes) is 1. The first-order chi connectivity index (χ1) is 7.83. The van der Waals surface area contributed by atoms with Crippen LogP contribution in [0.1, 0.15) is 31.0 Å². The molecule has 0 aliphatic heterocycles. The lowest BCUT2D eigenvalue weighted by Gasteiger charge is -1.88. The summed E-state index contributed by atoms with van der Waals surface area (Å²) < 4.78 is 0. The Morgan fingerprint density at radius 3 is 2.38 bits per heavy atom. The van der Waals surface area contributed by atoms with Gasteiger partial charge in [-0.3, -0.25) is 0 Å². The summed E-state index contributed by atoms with van der Waals surface area (Å²) in [5, 5.41) is 10.2. The van der Waals surface area contributed by atoms with Gasteiger partial charge in [0.1, 0.15) is 0 Å². The predicted octanol–water partition coefficient (Wildman–Crippen LogP) is 3.14. The molecule has 3 heteroatoms. The molecule has 0 aliphatic carbocycles. The van der Waals surface area contributed by atoms with Crippen LogP contribution >= 0.6 is 0 Å². The molecule has 1 aromatic carbocycles. The second kappa shape index (κ2) is 7.63. The Balaban J connectivity index is 0.000000165. The number of aromatic nitrogens is 3. The predicted molar refractivity (Wildman–Crippen MR) is 66.2 cm³/mol. The molecule has 0 aliphatic rings. The number of nitrogens with zero attached hydrogens (tertiary/aromatic N) is 2. The van der Waals surface area contributed by atoms with Crippen LogP contribution in [-0.2, 0) is 6.42 Å². The summed E-state index contributed by atoms with van der Waals surface area (Å²) in [5.41, 5.74) is 2.39. The molecule has 2 rings (SSSR count). The number of hydrogen-bond donors (Lipinski definition) is 1. The molecule has 86 valence electrons. The maximum atomic E-state index is 3.92. The number of nitrogens with one attached hydrogen (secondary N) is 1. The smallest absolute Gasteiger partial charge is 0.0824 e. The zero-order valence-corrected chi connectivity index (χ0v) is 9.98. The van der Waals surface area contributed by atoms with Crippen molar-refractivity contribution in [3.63, 3.8) is 0 Å². The fourth-order valence-electron chi connectivity index (χ4n) is 1.24. The van der Waals surface area contributed by atoms with E-state index in [0.717, 1.165) is 12.1 Å². The number of hydrogen-bond acceptors (Lipinski definition) is 2. The molecule has 1 heterocycles. The van der Waals surface area contributed by atoms with Crippen LogP contribution < -0.4 is 0 Å². The minimum atomic E-state index is 1.05. The van der Waals surface area contributed by atoms with Crippen LogP contribution in [0.3, 0.4) is 0 Å². The van der Waals surface area contributed by atoms with Gasteiger partial charge in [0.15, 0.2) is 0 Å². The summed E-state index contributed by atoms with van der Waals surface area (Å²) in [6.07, 6.45) is 5.24. The van der Waals surface area contributed by atoms with Gasteiger partial charge in [-0.05, 0) is 19.8 Å². The van der Waals surface area contributed by atoms with E-state index in [0.29, 0.717) is 0 Å². The van der Waals surface area contributed by atoms with Gasteiger partial charge in [0, 0.05) is 0 Å². The first kappa shape index (κ1) is 12.4. The van der Waals surface area contributed by atoms with E-state index in [1.807, 2.05) is 18.2 Å². The van der Waals surface area contributed by atoms with E-state index in [1.165, 1.54) is 18.4 Å². The Morgan fingerprint density at radius 2 is 1.94 bits per heavy atom. The van der Waals surface area contributed by atoms with E-state index < -0.39 is 0 Å². The van der Waals surface area contributed by atoms with Crippen molar-refractivity contribution in [3.8, 4) is 0 Å². The zero-order valence-electron chi connectivity index (χ0n) is 9.98. The van der Waals surface area contributed by atoms with Gasteiger partial charge < -0.3 is 0 Å². The highest BCUT2D eigenvalue weighted by molar-refractivity contribution is 5.11. The average Bonchev–Trinajstić information content (AvgIpc) is 2.81. The third kappa shape index (κ3) is 5.29. The molecular formula is C13H19N3. The lowest BCUT2D eigenvalue weighted by atomic mass is 10.2. The van der Waals surface area contributed by atoms with Crippen molar-refractivity contribution in [1.29, 1.82) is 0 Å². The van der Waals surface area contributed by atoms with Crippen LogP contribution in [0.15, 0.2) is 36.5 Å². The van der Waals surface area contributed by atoms with Crippen molar-refractivity contribution in [1.82, 2.24) is 15.4 Å². The number of rotatable bonds is 3. The van der Waals surface area contributed by atoms with Crippen LogP contribution in [0.5, 0.6) is 0 Å². The van der Waals surface area contributed by atoms with Crippen molar-refractivity contribution in [3.05, 3.63) is 47.8 Å². The lowest BCUT2D eigenvalue weighted by molar-refractivity contribution is 0.770. The maximum Gasteiger partial charge on any atom is 0.0824 e. The van der Waals surface area contributed by atoms with Gasteiger partial charge in [0.05, 0.1) is 11.9 Å². The van der Waals surface area contributed by atoms with Crippen molar-refractivity contribution < 1.29 is 0 Å². The second-order valence-corrected chi connectivity index (χ2v) is 3.72. The first-order valence-electron chi connectivity index (χ1n) is 5.69. The highest BCUT2D eigenvalue weighted by Gasteiger charge is 1.91. The molecule has 3 nitrogen and oxygen atoms in total. The summed E-state index contributed by atoms with van der Waals surface area (Å²) >= 11 is 0. The summed E-state index contributed by atoms with van der Waals surface area (Å²) in [6.45, 7) is 4.25. The second-order valence-electron chi connectivity index (χ2n) is 3.72. The van der Waals surface area contributed by atoms with Crippen LogP contribution in [-0.4, -0.2) is 15.4 Å². The topological polar surface area (TPSA) is 41.6 Å². The Bertz CT molecular complexity index is 354. The fraction of sp³-hybridized carbons (Fsp3) is 0.385. The van der Waals surface area contributed by atoms with E-state index >= 15 is 0 Å². The SMILES string of the molecule is CCCCc1cn[nH]n1.Cc1ccccc1. The Hall–Kier alpha value is -1.64. The van der Waals surface area contributed by atoms with Crippen molar-refractivity contribution in [2.45, 2.75) is 33.1 Å². The summed E-state index contributed by atoms with van der Waals surface area (Å²) in [4.78, 5) is 0. The van der Waals surface area contributed by atoms with E-state index in [-0.39, 0.29) is 0 Å². The quantitative estimate of drug-likeness (QED) is 0.858. The molecule has 0 unspecified atom stereocenters. The molecule has 2 aromatic rings. The number of aryl methyl sites for hydroxylation is 2. The van der Waals surface area contributed by atoms with Gasteiger partial charge in [0.2, 0.25) is 0 Å². The summed E-state index contributed by atoms with van der Waals surface area (Å²) in [7, 11) is 0. The summed E-state index contributed by atoms with van der Waals surface area (Å²) in [6, 6.07) is 10.3. The van der Waals surface area contributed by atoms with Crippen molar-refractivity contribution in [2.75, 3.05) is 0 Å². The number of aromatic amines is 1. The molecule has 16 heavy (non-hydrogen) atoms. The molecule has 0 fully saturated rings. The molecule has 1 aromatic heterocycles. The Kier molecular flexibility index (Phi) is 5.92. The lowest BCUT2D eigenvalue weighted by Crippen LogP contribution is -1.83. The first-order valence-corrected chi connectivity index (χ1v) is 5.69. The van der Waals surface area contributed by atoms with Crippen molar-refractivity contribution in [2.24, 2.45) is 0 Å². The third-order valence-corrected chi connectivity index (χ3v) is 2.19. The molecule has 0 atom stereocenters. The van der Waals surface area contributed by atoms with E-state index in [9.17, 15) is 0 Å². The zero-order chi connectivity index (χ0) is 11.6. The minimum absolute atomic E-state index is 1.05. The van der Waals surface area contributed by atoms with Gasteiger partial charge in [-0.1, -0.05) is 49.2 Å². The number of benzene rings is 1. The van der Waals surface area contributed by atoms with E-state index in [1.54, 1.807) is 6.20 Å². The van der Waals surface area contributed by atoms with Gasteiger partial charge in [-0.15, -0.1) is 0 Å². The molecule has 0 saturated carbocycles. The molecule has 0 radical (unpaired) electrons. The maximum absolute atomic E-state index is 3.92. The molecule has 0 amide bonds. The third-order valence-electron chi connectivity index (χ3n) is 2.19. The van der Waals surface area contributed by atoms with Gasteiger partial charge in [-0.25, -0.2) is 0 Å². The van der Waals surface area contributed by atoms with Crippen LogP contribution in [0.2, 0.25) is 0 Å². The van der Waals surface area contributed by atoms with Crippen LogP contribution in [0.25, 0.3) is 0 Å². The molecular weight excluding hydrogens is 198 g/mol. The standard InChI is InChI=1S/C7H8.C6H11N3/c1-7-5-3-2-4-6-7;1-2-3-4-6-5-7-9-8-6/h2-6H,1H3;5H,2-4H2,1H3,(H,7,8,9). The van der Waals surface area contributed by atoms with Gasteiger partial charge in [-0.2, -0.15) is 15.4 Å². The highest BCUT2D eigenvalue weighted by atomic mass is 15.3. The van der Waals surface area contributed by atoms with Crippen LogP contribution in [0, 0.1) is 6.92 Å². The number of H-pyrrole nitrogens is 1. The Morgan fingerprint density at radius 1 is 1.19 bits per heavy atom. The van der Waals surface area contributed by atoms with E-state index in [4.69, 9.17) is 0 Å². The van der Waals surface area contributed by atoms with E-state index in [2.05, 4.69) is 41.4 Å². The van der Waals surface area contributed by atoms with Crippen LogP contribution in [0.4, 0.5) is 0 Å². The highest BCUT2D eigenvalue weighted by Crippen LogP contribution is 1.96. The fourth-order valence-corrected chi connectivity index (χ4v) is 1.24. The molecule has 1 N–H and O–H groups in total. The molecule has 0 saturated heterocycles. The average molecular weight is 217 g/mol. The summed E-state index contributed by atoms with van der Waals surface area (Å²) in [5.74, 6) is 0. The van der Waals surface area contributed by atoms with Crippen molar-refractivity contribution >= 4 is 0 Å². The van der Waals surface area contributed by atoms with Gasteiger partial charge >= 0.3 is 0 Å². The molecule has 0 spiro atoms. The Labute approximate surface area is 96.9 Å². The van der Waals surface area contributed by atoms with Gasteiger partial charge in [0.25, 0.3) is 0 Å².